The number of fused-ring (bicyclic) bond motifs is 1. The zero-order chi connectivity index (χ0) is 22.2. The number of hydrogen-bond acceptors (Lipinski definition) is 7. The summed E-state index contributed by atoms with van der Waals surface area (Å²) in [6, 6.07) is 7.74. The normalized spacial score (nSPS) is 21.7. The third kappa shape index (κ3) is 4.17. The number of carbonyl (C=O) groups is 1. The van der Waals surface area contributed by atoms with Crippen molar-refractivity contribution in [2.45, 2.75) is 39.7 Å². The maximum Gasteiger partial charge on any atom is 0.316 e. The van der Waals surface area contributed by atoms with Crippen molar-refractivity contribution in [1.82, 2.24) is 29.8 Å². The predicted molar refractivity (Wildman–Crippen MR) is 118 cm³/mol. The van der Waals surface area contributed by atoms with Gasteiger partial charge in [0.05, 0.1) is 11.6 Å². The topological polar surface area (TPSA) is 94.0 Å². The maximum atomic E-state index is 13.8. The van der Waals surface area contributed by atoms with Gasteiger partial charge in [-0.2, -0.15) is 0 Å². The first kappa shape index (κ1) is 20.5. The third-order valence-electron chi connectivity index (χ3n) is 6.19. The van der Waals surface area contributed by atoms with Crippen molar-refractivity contribution in [3.05, 3.63) is 59.4 Å². The molecule has 2 aliphatic rings. The Morgan fingerprint density at radius 2 is 1.75 bits per heavy atom. The number of carbonyl (C=O) groups excluding carboxylic acids is 1. The van der Waals surface area contributed by atoms with Gasteiger partial charge < -0.3 is 9.64 Å². The molecular formula is C24H26N6O2. The Morgan fingerprint density at radius 3 is 2.50 bits per heavy atom. The van der Waals surface area contributed by atoms with Crippen molar-refractivity contribution < 1.29 is 9.53 Å². The van der Waals surface area contributed by atoms with Gasteiger partial charge in [-0.1, -0.05) is 0 Å². The third-order valence-corrected chi connectivity index (χ3v) is 6.19. The molecule has 3 atom stereocenters. The molecule has 0 spiro atoms. The van der Waals surface area contributed by atoms with Gasteiger partial charge in [-0.15, -0.1) is 0 Å². The van der Waals surface area contributed by atoms with Gasteiger partial charge in [0.25, 0.3) is 5.91 Å². The first-order valence-electron chi connectivity index (χ1n) is 11.0. The first-order valence-corrected chi connectivity index (χ1v) is 11.0. The molecule has 3 aromatic heterocycles. The monoisotopic (exact) mass is 430 g/mol. The second kappa shape index (κ2) is 8.26. The lowest BCUT2D eigenvalue weighted by Gasteiger charge is -2.35. The molecule has 3 aromatic rings. The Bertz CT molecular complexity index is 1130. The molecule has 8 nitrogen and oxygen atoms in total. The minimum atomic E-state index is -0.101. The average molecular weight is 431 g/mol. The van der Waals surface area contributed by atoms with E-state index in [-0.39, 0.29) is 11.9 Å². The first-order chi connectivity index (χ1) is 15.5. The van der Waals surface area contributed by atoms with E-state index in [4.69, 9.17) is 4.74 Å². The molecule has 0 N–H and O–H groups in total. The van der Waals surface area contributed by atoms with E-state index in [1.165, 1.54) is 0 Å². The lowest BCUT2D eigenvalue weighted by atomic mass is 10.0. The van der Waals surface area contributed by atoms with Crippen LogP contribution < -0.4 is 4.74 Å². The lowest BCUT2D eigenvalue weighted by Crippen LogP contribution is -2.48. The Labute approximate surface area is 187 Å². The summed E-state index contributed by atoms with van der Waals surface area (Å²) in [5.41, 5.74) is 3.55. The molecule has 1 aliphatic carbocycles. The highest BCUT2D eigenvalue weighted by Crippen LogP contribution is 2.47. The standard InChI is InChI=1S/C24H26N6O2/c1-14-5-6-20(22-25-7-4-8-26-22)21(27-14)23(31)30-12-18-10-17(18)11-19(30)13-32-24-28-15(2)9-16(3)29-24/h4-9,17-19H,10-13H2,1-3H3/t17-,18+,19+/m1/s1. The van der Waals surface area contributed by atoms with E-state index in [1.807, 2.05) is 43.9 Å². The van der Waals surface area contributed by atoms with Crippen molar-refractivity contribution >= 4 is 5.91 Å². The van der Waals surface area contributed by atoms with Crippen LogP contribution in [0.15, 0.2) is 36.7 Å². The zero-order valence-electron chi connectivity index (χ0n) is 18.5. The van der Waals surface area contributed by atoms with Crippen LogP contribution in [-0.2, 0) is 0 Å². The number of piperidine rings is 1. The SMILES string of the molecule is Cc1cc(C)nc(OC[C@@H]2C[C@H]3C[C@H]3CN2C(=O)c2nc(C)ccc2-c2ncccn2)n1. The van der Waals surface area contributed by atoms with E-state index >= 15 is 0 Å². The molecule has 8 heteroatoms. The van der Waals surface area contributed by atoms with Gasteiger partial charge in [0.15, 0.2) is 5.82 Å². The number of aromatic nitrogens is 5. The molecular weight excluding hydrogens is 404 g/mol. The molecule has 32 heavy (non-hydrogen) atoms. The molecule has 1 amide bonds. The van der Waals surface area contributed by atoms with Gasteiger partial charge in [-0.3, -0.25) is 4.79 Å². The van der Waals surface area contributed by atoms with E-state index < -0.39 is 0 Å². The van der Waals surface area contributed by atoms with Crippen LogP contribution in [0.3, 0.4) is 0 Å². The van der Waals surface area contributed by atoms with Gasteiger partial charge in [0.2, 0.25) is 0 Å². The van der Waals surface area contributed by atoms with Crippen LogP contribution in [-0.4, -0.2) is 54.9 Å². The van der Waals surface area contributed by atoms with Gasteiger partial charge in [0, 0.05) is 36.0 Å². The summed E-state index contributed by atoms with van der Waals surface area (Å²) < 4.78 is 5.97. The number of amides is 1. The van der Waals surface area contributed by atoms with E-state index in [0.29, 0.717) is 41.5 Å². The minimum absolute atomic E-state index is 0.0532. The largest absolute Gasteiger partial charge is 0.461 e. The highest BCUT2D eigenvalue weighted by atomic mass is 16.5. The smallest absolute Gasteiger partial charge is 0.316 e. The lowest BCUT2D eigenvalue weighted by molar-refractivity contribution is 0.0497. The van der Waals surface area contributed by atoms with Crippen LogP contribution in [0.2, 0.25) is 0 Å². The fourth-order valence-corrected chi connectivity index (χ4v) is 4.51. The second-order valence-corrected chi connectivity index (χ2v) is 8.77. The van der Waals surface area contributed by atoms with E-state index in [1.54, 1.807) is 18.5 Å². The predicted octanol–water partition coefficient (Wildman–Crippen LogP) is 3.18. The average Bonchev–Trinajstić information content (AvgIpc) is 3.55. The molecule has 2 fully saturated rings. The highest BCUT2D eigenvalue weighted by Gasteiger charge is 2.47. The number of nitrogens with zero attached hydrogens (tertiary/aromatic N) is 6. The fraction of sp³-hybridized carbons (Fsp3) is 0.417. The van der Waals surface area contributed by atoms with Crippen LogP contribution >= 0.6 is 0 Å². The van der Waals surface area contributed by atoms with Crippen LogP contribution in [0.5, 0.6) is 6.01 Å². The summed E-state index contributed by atoms with van der Waals surface area (Å²) in [6.45, 7) is 6.81. The zero-order valence-corrected chi connectivity index (χ0v) is 18.5. The molecule has 5 rings (SSSR count). The Hall–Kier alpha value is -3.42. The summed E-state index contributed by atoms with van der Waals surface area (Å²) in [4.78, 5) is 37.7. The quantitative estimate of drug-likeness (QED) is 0.614. The van der Waals surface area contributed by atoms with Gasteiger partial charge in [-0.05, 0) is 69.7 Å². The Balaban J connectivity index is 1.42. The van der Waals surface area contributed by atoms with E-state index in [2.05, 4.69) is 24.9 Å². The molecule has 0 aromatic carbocycles. The Kier molecular flexibility index (Phi) is 5.28. The molecule has 0 unspecified atom stereocenters. The minimum Gasteiger partial charge on any atom is -0.461 e. The van der Waals surface area contributed by atoms with Crippen molar-refractivity contribution in [3.63, 3.8) is 0 Å². The summed E-state index contributed by atoms with van der Waals surface area (Å²) in [6.07, 6.45) is 5.43. The molecule has 1 aliphatic heterocycles. The van der Waals surface area contributed by atoms with E-state index in [9.17, 15) is 4.79 Å². The summed E-state index contributed by atoms with van der Waals surface area (Å²) in [5, 5.41) is 0. The van der Waals surface area contributed by atoms with Crippen molar-refractivity contribution in [2.24, 2.45) is 11.8 Å². The molecule has 164 valence electrons. The summed E-state index contributed by atoms with van der Waals surface area (Å²) in [5.74, 6) is 1.63. The number of hydrogen-bond donors (Lipinski definition) is 0. The number of pyridine rings is 1. The molecule has 4 heterocycles. The van der Waals surface area contributed by atoms with Gasteiger partial charge in [0.1, 0.15) is 12.3 Å². The fourth-order valence-electron chi connectivity index (χ4n) is 4.51. The Morgan fingerprint density at radius 1 is 1.00 bits per heavy atom. The maximum absolute atomic E-state index is 13.8. The number of rotatable bonds is 5. The number of likely N-dealkylation sites (tertiary alicyclic amines) is 1. The van der Waals surface area contributed by atoms with Gasteiger partial charge in [-0.25, -0.2) is 24.9 Å². The van der Waals surface area contributed by atoms with Crippen molar-refractivity contribution in [2.75, 3.05) is 13.2 Å². The number of aryl methyl sites for hydroxylation is 3. The van der Waals surface area contributed by atoms with Crippen LogP contribution in [0.4, 0.5) is 0 Å². The summed E-state index contributed by atoms with van der Waals surface area (Å²) >= 11 is 0. The van der Waals surface area contributed by atoms with Crippen molar-refractivity contribution in [3.8, 4) is 17.4 Å². The van der Waals surface area contributed by atoms with Crippen LogP contribution in [0, 0.1) is 32.6 Å². The highest BCUT2D eigenvalue weighted by molar-refractivity contribution is 5.98. The van der Waals surface area contributed by atoms with E-state index in [0.717, 1.165) is 36.5 Å². The van der Waals surface area contributed by atoms with Crippen molar-refractivity contribution in [1.29, 1.82) is 0 Å². The van der Waals surface area contributed by atoms with Crippen LogP contribution in [0.1, 0.15) is 40.4 Å². The molecule has 0 radical (unpaired) electrons. The number of ether oxygens (including phenoxy) is 1. The molecule has 1 saturated carbocycles. The summed E-state index contributed by atoms with van der Waals surface area (Å²) in [7, 11) is 0. The van der Waals surface area contributed by atoms with Crippen LogP contribution in [0.25, 0.3) is 11.4 Å². The second-order valence-electron chi connectivity index (χ2n) is 8.77. The molecule has 1 saturated heterocycles. The van der Waals surface area contributed by atoms with Gasteiger partial charge >= 0.3 is 6.01 Å². The molecule has 0 bridgehead atoms.